The molecule has 9 heavy (non-hydrogen) atoms. The van der Waals surface area contributed by atoms with Gasteiger partial charge in [0.2, 0.25) is 0 Å². The Morgan fingerprint density at radius 3 is 3.00 bits per heavy atom. The van der Waals surface area contributed by atoms with Crippen LogP contribution in [0, 0.1) is 0 Å². The fourth-order valence-electron chi connectivity index (χ4n) is 0.778. The van der Waals surface area contributed by atoms with Crippen molar-refractivity contribution in [1.82, 2.24) is 4.98 Å². The van der Waals surface area contributed by atoms with Crippen LogP contribution >= 0.6 is 0 Å². The Morgan fingerprint density at radius 2 is 2.56 bits per heavy atom. The van der Waals surface area contributed by atoms with Gasteiger partial charge in [0, 0.05) is 24.4 Å². The van der Waals surface area contributed by atoms with Crippen molar-refractivity contribution in [1.29, 1.82) is 0 Å². The molecule has 0 aromatic carbocycles. The molecule has 1 aromatic rings. The highest BCUT2D eigenvalue weighted by Crippen LogP contribution is 2.08. The van der Waals surface area contributed by atoms with Crippen molar-refractivity contribution in [3.8, 4) is 0 Å². The minimum absolute atomic E-state index is 0.458. The van der Waals surface area contributed by atoms with Gasteiger partial charge in [-0.15, -0.1) is 0 Å². The monoisotopic (exact) mass is 124 g/mol. The summed E-state index contributed by atoms with van der Waals surface area (Å²) in [7, 11) is 0. The number of rotatable bonds is 2. The van der Waals surface area contributed by atoms with Gasteiger partial charge in [-0.1, -0.05) is 6.92 Å². The zero-order valence-corrected chi connectivity index (χ0v) is 5.59. The molecule has 0 saturated heterocycles. The molecule has 1 heterocycles. The van der Waals surface area contributed by atoms with E-state index in [1.165, 1.54) is 5.69 Å². The van der Waals surface area contributed by atoms with Crippen molar-refractivity contribution in [3.05, 3.63) is 24.0 Å². The van der Waals surface area contributed by atoms with Gasteiger partial charge in [0.15, 0.2) is 0 Å². The number of aromatic nitrogens is 1. The molecule has 2 heteroatoms. The van der Waals surface area contributed by atoms with Gasteiger partial charge in [-0.2, -0.15) is 0 Å². The smallest absolute Gasteiger partial charge is 0.0188 e. The normalized spacial score (nSPS) is 13.6. The van der Waals surface area contributed by atoms with Gasteiger partial charge >= 0.3 is 0 Å². The second kappa shape index (κ2) is 2.69. The average molecular weight is 124 g/mol. The maximum absolute atomic E-state index is 5.44. The third-order valence-electron chi connectivity index (χ3n) is 1.51. The Balaban J connectivity index is 2.65. The highest BCUT2D eigenvalue weighted by atomic mass is 14.7. The molecule has 0 saturated carbocycles. The lowest BCUT2D eigenvalue weighted by Crippen LogP contribution is -2.08. The van der Waals surface area contributed by atoms with Crippen molar-refractivity contribution in [2.75, 3.05) is 6.54 Å². The van der Waals surface area contributed by atoms with Crippen LogP contribution < -0.4 is 5.73 Å². The highest BCUT2D eigenvalue weighted by molar-refractivity contribution is 5.08. The van der Waals surface area contributed by atoms with Crippen molar-refractivity contribution < 1.29 is 0 Å². The van der Waals surface area contributed by atoms with Crippen molar-refractivity contribution in [2.24, 2.45) is 5.73 Å². The molecule has 0 bridgehead atoms. The summed E-state index contributed by atoms with van der Waals surface area (Å²) in [6.07, 6.45) is 1.92. The first-order chi connectivity index (χ1) is 4.34. The zero-order valence-electron chi connectivity index (χ0n) is 5.59. The third-order valence-corrected chi connectivity index (χ3v) is 1.51. The molecule has 0 fully saturated rings. The lowest BCUT2D eigenvalue weighted by atomic mass is 10.1. The summed E-state index contributed by atoms with van der Waals surface area (Å²) in [4.78, 5) is 3.11. The second-order valence-electron chi connectivity index (χ2n) is 2.26. The fraction of sp³-hybridized carbons (Fsp3) is 0.429. The van der Waals surface area contributed by atoms with Gasteiger partial charge in [-0.05, 0) is 12.1 Å². The summed E-state index contributed by atoms with van der Waals surface area (Å²) in [5, 5.41) is 0. The van der Waals surface area contributed by atoms with E-state index in [2.05, 4.69) is 18.0 Å². The van der Waals surface area contributed by atoms with Crippen LogP contribution in [0.5, 0.6) is 0 Å². The summed E-state index contributed by atoms with van der Waals surface area (Å²) >= 11 is 0. The quantitative estimate of drug-likeness (QED) is 0.608. The van der Waals surface area contributed by atoms with Crippen LogP contribution in [0.15, 0.2) is 18.3 Å². The highest BCUT2D eigenvalue weighted by Gasteiger charge is 2.00. The van der Waals surface area contributed by atoms with Crippen molar-refractivity contribution >= 4 is 0 Å². The first-order valence-electron chi connectivity index (χ1n) is 3.18. The molecule has 50 valence electrons. The van der Waals surface area contributed by atoms with Crippen LogP contribution in [0.4, 0.5) is 0 Å². The van der Waals surface area contributed by atoms with E-state index in [-0.39, 0.29) is 0 Å². The SMILES string of the molecule is CC(CN)c1ccc[nH]1. The largest absolute Gasteiger partial charge is 0.365 e. The Labute approximate surface area is 55.1 Å². The maximum Gasteiger partial charge on any atom is 0.0188 e. The predicted octanol–water partition coefficient (Wildman–Crippen LogP) is 1.08. The Morgan fingerprint density at radius 1 is 1.78 bits per heavy atom. The summed E-state index contributed by atoms with van der Waals surface area (Å²) in [6, 6.07) is 4.04. The Hall–Kier alpha value is -0.760. The summed E-state index contributed by atoms with van der Waals surface area (Å²) in [5.41, 5.74) is 6.66. The van der Waals surface area contributed by atoms with E-state index >= 15 is 0 Å². The lowest BCUT2D eigenvalue weighted by Gasteiger charge is -2.03. The molecule has 1 atom stereocenters. The third kappa shape index (κ3) is 1.33. The van der Waals surface area contributed by atoms with Crippen LogP contribution in [0.1, 0.15) is 18.5 Å². The van der Waals surface area contributed by atoms with Gasteiger partial charge in [0.05, 0.1) is 0 Å². The number of nitrogens with two attached hydrogens (primary N) is 1. The standard InChI is InChI=1S/C7H12N2/c1-6(5-8)7-3-2-4-9-7/h2-4,6,9H,5,8H2,1H3. The minimum atomic E-state index is 0.458. The zero-order chi connectivity index (χ0) is 6.69. The molecule has 1 aromatic heterocycles. The fourth-order valence-corrected chi connectivity index (χ4v) is 0.778. The van der Waals surface area contributed by atoms with E-state index in [1.54, 1.807) is 0 Å². The van der Waals surface area contributed by atoms with Crippen LogP contribution in [0.3, 0.4) is 0 Å². The molecule has 0 aliphatic carbocycles. The van der Waals surface area contributed by atoms with E-state index < -0.39 is 0 Å². The maximum atomic E-state index is 5.44. The summed E-state index contributed by atoms with van der Waals surface area (Å²) in [6.45, 7) is 2.81. The number of aromatic amines is 1. The van der Waals surface area contributed by atoms with Gasteiger partial charge in [0.1, 0.15) is 0 Å². The molecule has 0 amide bonds. The molecule has 0 spiro atoms. The first-order valence-corrected chi connectivity index (χ1v) is 3.18. The number of hydrogen-bond donors (Lipinski definition) is 2. The van der Waals surface area contributed by atoms with E-state index in [4.69, 9.17) is 5.73 Å². The van der Waals surface area contributed by atoms with Gasteiger partial charge in [-0.3, -0.25) is 0 Å². The topological polar surface area (TPSA) is 41.8 Å². The summed E-state index contributed by atoms with van der Waals surface area (Å²) in [5.74, 6) is 0.458. The molecular formula is C7H12N2. The van der Waals surface area contributed by atoms with Crippen molar-refractivity contribution in [3.63, 3.8) is 0 Å². The van der Waals surface area contributed by atoms with E-state index in [9.17, 15) is 0 Å². The Bertz CT molecular complexity index is 155. The van der Waals surface area contributed by atoms with E-state index in [0.717, 1.165) is 0 Å². The minimum Gasteiger partial charge on any atom is -0.365 e. The van der Waals surface area contributed by atoms with Crippen LogP contribution in [-0.4, -0.2) is 11.5 Å². The molecule has 1 unspecified atom stereocenters. The second-order valence-corrected chi connectivity index (χ2v) is 2.26. The first kappa shape index (κ1) is 6.36. The molecule has 0 radical (unpaired) electrons. The predicted molar refractivity (Wildman–Crippen MR) is 38.3 cm³/mol. The van der Waals surface area contributed by atoms with E-state index in [1.807, 2.05) is 12.3 Å². The van der Waals surface area contributed by atoms with Gasteiger partial charge in [-0.25, -0.2) is 0 Å². The molecule has 1 rings (SSSR count). The van der Waals surface area contributed by atoms with Crippen LogP contribution in [0.2, 0.25) is 0 Å². The van der Waals surface area contributed by atoms with Gasteiger partial charge in [0.25, 0.3) is 0 Å². The molecular weight excluding hydrogens is 112 g/mol. The lowest BCUT2D eigenvalue weighted by molar-refractivity contribution is 0.751. The molecule has 2 nitrogen and oxygen atoms in total. The molecule has 0 aliphatic heterocycles. The van der Waals surface area contributed by atoms with Crippen molar-refractivity contribution in [2.45, 2.75) is 12.8 Å². The molecule has 0 aliphatic rings. The van der Waals surface area contributed by atoms with Crippen LogP contribution in [-0.2, 0) is 0 Å². The number of H-pyrrole nitrogens is 1. The number of nitrogens with one attached hydrogen (secondary N) is 1. The Kier molecular flexibility index (Phi) is 1.90. The van der Waals surface area contributed by atoms with Crippen LogP contribution in [0.25, 0.3) is 0 Å². The van der Waals surface area contributed by atoms with Gasteiger partial charge < -0.3 is 10.7 Å². The summed E-state index contributed by atoms with van der Waals surface area (Å²) < 4.78 is 0. The average Bonchev–Trinajstić information content (AvgIpc) is 2.37. The van der Waals surface area contributed by atoms with E-state index in [0.29, 0.717) is 12.5 Å². The number of hydrogen-bond acceptors (Lipinski definition) is 1. The molecule has 3 N–H and O–H groups in total.